The monoisotopic (exact) mass is 297 g/mol. The van der Waals surface area contributed by atoms with Crippen molar-refractivity contribution in [1.82, 2.24) is 0 Å². The second kappa shape index (κ2) is 6.74. The zero-order chi connectivity index (χ0) is 15.3. The highest BCUT2D eigenvalue weighted by Crippen LogP contribution is 2.36. The number of benzene rings is 1. The number of nitrogens with one attached hydrogen (secondary N) is 1. The summed E-state index contributed by atoms with van der Waals surface area (Å²) in [6, 6.07) is 7.31. The Hall–Kier alpha value is -1.85. The predicted molar refractivity (Wildman–Crippen MR) is 80.0 cm³/mol. The lowest BCUT2D eigenvalue weighted by Crippen LogP contribution is -2.28. The van der Waals surface area contributed by atoms with Crippen LogP contribution in [-0.4, -0.2) is 25.5 Å². The van der Waals surface area contributed by atoms with Gasteiger partial charge in [0.25, 0.3) is 0 Å². The molecule has 0 atom stereocenters. The second-order valence-corrected chi connectivity index (χ2v) is 5.38. The number of nitrogens with zero attached hydrogens (tertiary/aromatic N) is 1. The number of guanidine groups is 1. The highest BCUT2D eigenvalue weighted by molar-refractivity contribution is 5.92. The highest BCUT2D eigenvalue weighted by Gasteiger charge is 2.34. The number of rotatable bonds is 4. The first kappa shape index (κ1) is 15.5. The van der Waals surface area contributed by atoms with Crippen molar-refractivity contribution in [3.8, 4) is 5.75 Å². The number of methoxy groups -OCH3 is 1. The van der Waals surface area contributed by atoms with Crippen molar-refractivity contribution in [2.24, 2.45) is 16.6 Å². The maximum Gasteiger partial charge on any atom is 0.248 e. The van der Waals surface area contributed by atoms with Crippen LogP contribution in [0, 0.1) is 5.92 Å². The molecule has 3 N–H and O–H groups in total. The van der Waals surface area contributed by atoms with Crippen LogP contribution in [0.15, 0.2) is 29.3 Å². The Morgan fingerprint density at radius 1 is 1.33 bits per heavy atom. The molecular weight excluding hydrogens is 276 g/mol. The summed E-state index contributed by atoms with van der Waals surface area (Å²) in [5.74, 6) is -1.23. The van der Waals surface area contributed by atoms with E-state index in [-0.39, 0.29) is 18.8 Å². The first-order valence-corrected chi connectivity index (χ1v) is 7.07. The fraction of sp³-hybridized carbons (Fsp3) is 0.533. The van der Waals surface area contributed by atoms with Gasteiger partial charge in [0, 0.05) is 25.1 Å². The van der Waals surface area contributed by atoms with E-state index in [1.54, 1.807) is 7.11 Å². The molecule has 1 fully saturated rings. The molecule has 1 saturated carbocycles. The molecule has 0 radical (unpaired) electrons. The molecule has 0 heterocycles. The Kier molecular flexibility index (Phi) is 4.98. The summed E-state index contributed by atoms with van der Waals surface area (Å²) in [6.45, 7) is 0.491. The maximum atomic E-state index is 13.0. The van der Waals surface area contributed by atoms with Crippen LogP contribution in [0.3, 0.4) is 0 Å². The van der Waals surface area contributed by atoms with E-state index in [0.29, 0.717) is 25.3 Å². The average Bonchev–Trinajstić information content (AvgIpc) is 2.47. The molecule has 0 amide bonds. The average molecular weight is 297 g/mol. The Morgan fingerprint density at radius 3 is 2.52 bits per heavy atom. The molecule has 0 aliphatic heterocycles. The van der Waals surface area contributed by atoms with E-state index in [1.165, 1.54) is 0 Å². The molecule has 0 bridgehead atoms. The lowest BCUT2D eigenvalue weighted by Gasteiger charge is -2.27. The van der Waals surface area contributed by atoms with Crippen molar-refractivity contribution in [3.05, 3.63) is 24.3 Å². The van der Waals surface area contributed by atoms with Gasteiger partial charge in [0.1, 0.15) is 5.75 Å². The fourth-order valence-corrected chi connectivity index (χ4v) is 2.37. The molecular formula is C15H21F2N3O. The van der Waals surface area contributed by atoms with E-state index in [4.69, 9.17) is 10.5 Å². The Bertz CT molecular complexity index is 478. The molecule has 21 heavy (non-hydrogen) atoms. The van der Waals surface area contributed by atoms with Crippen molar-refractivity contribution < 1.29 is 13.5 Å². The van der Waals surface area contributed by atoms with E-state index < -0.39 is 5.92 Å². The molecule has 0 unspecified atom stereocenters. The van der Waals surface area contributed by atoms with Crippen LogP contribution in [0.5, 0.6) is 5.75 Å². The van der Waals surface area contributed by atoms with Gasteiger partial charge in [-0.15, -0.1) is 0 Å². The highest BCUT2D eigenvalue weighted by atomic mass is 19.3. The van der Waals surface area contributed by atoms with Gasteiger partial charge >= 0.3 is 0 Å². The number of alkyl halides is 2. The first-order chi connectivity index (χ1) is 9.98. The molecule has 1 aromatic carbocycles. The molecule has 0 saturated heterocycles. The molecule has 2 rings (SSSR count). The normalized spacial score (nSPS) is 19.3. The Labute approximate surface area is 123 Å². The number of halogens is 2. The van der Waals surface area contributed by atoms with E-state index >= 15 is 0 Å². The number of nitrogens with two attached hydrogens (primary N) is 1. The molecule has 1 aliphatic rings. The van der Waals surface area contributed by atoms with Crippen LogP contribution >= 0.6 is 0 Å². The molecule has 1 aromatic rings. The maximum absolute atomic E-state index is 13.0. The zero-order valence-corrected chi connectivity index (χ0v) is 12.1. The van der Waals surface area contributed by atoms with Gasteiger partial charge < -0.3 is 15.8 Å². The van der Waals surface area contributed by atoms with Crippen LogP contribution in [0.4, 0.5) is 14.5 Å². The fourth-order valence-electron chi connectivity index (χ4n) is 2.37. The molecule has 4 nitrogen and oxygen atoms in total. The smallest absolute Gasteiger partial charge is 0.248 e. The van der Waals surface area contributed by atoms with Crippen molar-refractivity contribution in [2.45, 2.75) is 31.6 Å². The molecule has 1 aliphatic carbocycles. The summed E-state index contributed by atoms with van der Waals surface area (Å²) in [4.78, 5) is 4.24. The Morgan fingerprint density at radius 2 is 1.95 bits per heavy atom. The largest absolute Gasteiger partial charge is 0.497 e. The summed E-state index contributed by atoms with van der Waals surface area (Å²) in [5.41, 5.74) is 6.62. The lowest BCUT2D eigenvalue weighted by atomic mass is 9.87. The second-order valence-electron chi connectivity index (χ2n) is 5.38. The van der Waals surface area contributed by atoms with Gasteiger partial charge in [-0.1, -0.05) is 0 Å². The van der Waals surface area contributed by atoms with Gasteiger partial charge in [0.15, 0.2) is 5.96 Å². The molecule has 116 valence electrons. The quantitative estimate of drug-likeness (QED) is 0.662. The van der Waals surface area contributed by atoms with Crippen LogP contribution in [0.2, 0.25) is 0 Å². The molecule has 0 aromatic heterocycles. The van der Waals surface area contributed by atoms with Crippen LogP contribution in [0.25, 0.3) is 0 Å². The van der Waals surface area contributed by atoms with Gasteiger partial charge in [-0.25, -0.2) is 8.78 Å². The summed E-state index contributed by atoms with van der Waals surface area (Å²) in [5, 5.41) is 2.97. The van der Waals surface area contributed by atoms with E-state index in [1.807, 2.05) is 24.3 Å². The van der Waals surface area contributed by atoms with Crippen LogP contribution < -0.4 is 15.8 Å². The van der Waals surface area contributed by atoms with Crippen molar-refractivity contribution >= 4 is 11.6 Å². The standard InChI is InChI=1S/C15H21F2N3O/c1-21-13-4-2-12(3-5-13)20-14(18)19-10-11-6-8-15(16,17)9-7-11/h2-5,11H,6-10H2,1H3,(H3,18,19,20). The zero-order valence-electron chi connectivity index (χ0n) is 12.1. The third kappa shape index (κ3) is 4.88. The third-order valence-corrected chi connectivity index (χ3v) is 3.72. The number of anilines is 1. The van der Waals surface area contributed by atoms with Gasteiger partial charge in [-0.3, -0.25) is 4.99 Å². The molecule has 6 heteroatoms. The summed E-state index contributed by atoms with van der Waals surface area (Å²) < 4.78 is 31.2. The minimum atomic E-state index is -2.49. The Balaban J connectivity index is 1.81. The van der Waals surface area contributed by atoms with Crippen LogP contribution in [-0.2, 0) is 0 Å². The van der Waals surface area contributed by atoms with Gasteiger partial charge in [0.05, 0.1) is 7.11 Å². The van der Waals surface area contributed by atoms with Crippen LogP contribution in [0.1, 0.15) is 25.7 Å². The van der Waals surface area contributed by atoms with E-state index in [2.05, 4.69) is 10.3 Å². The van der Waals surface area contributed by atoms with E-state index in [0.717, 1.165) is 11.4 Å². The number of aliphatic imine (C=N–C) groups is 1. The lowest BCUT2D eigenvalue weighted by molar-refractivity contribution is -0.0446. The topological polar surface area (TPSA) is 59.6 Å². The third-order valence-electron chi connectivity index (χ3n) is 3.72. The first-order valence-electron chi connectivity index (χ1n) is 7.07. The predicted octanol–water partition coefficient (Wildman–Crippen LogP) is 3.25. The van der Waals surface area contributed by atoms with Gasteiger partial charge in [-0.2, -0.15) is 0 Å². The van der Waals surface area contributed by atoms with Crippen molar-refractivity contribution in [1.29, 1.82) is 0 Å². The summed E-state index contributed by atoms with van der Waals surface area (Å²) >= 11 is 0. The summed E-state index contributed by atoms with van der Waals surface area (Å²) in [7, 11) is 1.60. The van der Waals surface area contributed by atoms with Crippen molar-refractivity contribution in [2.75, 3.05) is 19.0 Å². The van der Waals surface area contributed by atoms with Gasteiger partial charge in [-0.05, 0) is 43.0 Å². The number of hydrogen-bond acceptors (Lipinski definition) is 2. The SMILES string of the molecule is COc1ccc(NC(N)=NCC2CCC(F)(F)CC2)cc1. The summed E-state index contributed by atoms with van der Waals surface area (Å²) in [6.07, 6.45) is 0.927. The minimum absolute atomic E-state index is 0.0427. The molecule has 0 spiro atoms. The number of hydrogen-bond donors (Lipinski definition) is 2. The van der Waals surface area contributed by atoms with Gasteiger partial charge in [0.2, 0.25) is 5.92 Å². The van der Waals surface area contributed by atoms with Crippen molar-refractivity contribution in [3.63, 3.8) is 0 Å². The van der Waals surface area contributed by atoms with E-state index in [9.17, 15) is 8.78 Å². The minimum Gasteiger partial charge on any atom is -0.497 e. The number of ether oxygens (including phenoxy) is 1.